The quantitative estimate of drug-likeness (QED) is 0.149. The van der Waals surface area contributed by atoms with Crippen molar-refractivity contribution in [3.63, 3.8) is 0 Å². The molecule has 0 aliphatic heterocycles. The van der Waals surface area contributed by atoms with Gasteiger partial charge in [-0.15, -0.1) is 0 Å². The van der Waals surface area contributed by atoms with E-state index < -0.39 is 0 Å². The number of benzene rings is 10. The van der Waals surface area contributed by atoms with Crippen molar-refractivity contribution >= 4 is 75.9 Å². The Morgan fingerprint density at radius 2 is 0.574 bits per heavy atom. The molecule has 0 amide bonds. The molecule has 0 bridgehead atoms. The second-order valence-electron chi connectivity index (χ2n) is 16.9. The smallest absolute Gasteiger partial charge is 0.164 e. The molecule has 0 aliphatic carbocycles. The van der Waals surface area contributed by atoms with Crippen LogP contribution in [-0.2, 0) is 0 Å². The number of hydrogen-bond donors (Lipinski definition) is 0. The monoisotopic (exact) mass is 868 g/mol. The van der Waals surface area contributed by atoms with E-state index in [1.54, 1.807) is 24.8 Å². The van der Waals surface area contributed by atoms with Crippen LogP contribution in [0, 0.1) is 0 Å². The molecule has 0 radical (unpaired) electrons. The molecule has 0 saturated heterocycles. The minimum Gasteiger partial charge on any atom is -0.253 e. The van der Waals surface area contributed by atoms with Gasteiger partial charge in [-0.2, -0.15) is 0 Å². The van der Waals surface area contributed by atoms with E-state index >= 15 is 0 Å². The maximum absolute atomic E-state index is 5.25. The first-order chi connectivity index (χ1) is 33.6. The summed E-state index contributed by atoms with van der Waals surface area (Å²) in [5, 5.41) is 11.0. The third kappa shape index (κ3) is 6.27. The SMILES string of the molecule is c1ccc2cc(-c3nc(-c4ccc5nccnc5c4)nc(-c4ccc5ccc6c(-c7nc(-c8ccc9ccccc9c8)nc(-c8ccc9nccnc9c8)n7)ccc7ccc4c5c76)n3)ccc2c1. The van der Waals surface area contributed by atoms with Gasteiger partial charge < -0.3 is 0 Å². The average Bonchev–Trinajstić information content (AvgIpc) is 3.41. The van der Waals surface area contributed by atoms with Crippen molar-refractivity contribution < 1.29 is 0 Å². The number of aromatic nitrogens is 10. The molecule has 4 aromatic heterocycles. The largest absolute Gasteiger partial charge is 0.253 e. The zero-order valence-electron chi connectivity index (χ0n) is 35.9. The maximum atomic E-state index is 5.25. The summed E-state index contributed by atoms with van der Waals surface area (Å²) in [4.78, 5) is 49.3. The standard InChI is InChI=1S/C58H32N10/c1-3-7-37-29-39(11-9-33(37)5-1)53-63-55(41-17-23-47-49(31-41)61-27-25-59-47)67-57(65-53)45-21-15-35-14-20-44-46(22-16-36-13-19-43(45)51(35)52(36)44)58-66-54(40-12-10-34-6-2-4-8-38(34)30-40)64-56(68-58)42-18-24-48-50(32-42)62-28-26-60-48/h1-32H. The van der Waals surface area contributed by atoms with Crippen LogP contribution in [0.5, 0.6) is 0 Å². The van der Waals surface area contributed by atoms with Crippen molar-refractivity contribution in [3.05, 3.63) is 195 Å². The van der Waals surface area contributed by atoms with Gasteiger partial charge in [-0.1, -0.05) is 109 Å². The molecule has 0 aliphatic rings. The van der Waals surface area contributed by atoms with E-state index in [4.69, 9.17) is 29.9 Å². The molecule has 10 aromatic carbocycles. The first kappa shape index (κ1) is 37.8. The van der Waals surface area contributed by atoms with Crippen LogP contribution in [-0.4, -0.2) is 49.8 Å². The van der Waals surface area contributed by atoms with E-state index in [1.807, 2.05) is 60.7 Å². The van der Waals surface area contributed by atoms with E-state index in [2.05, 4.69) is 129 Å². The van der Waals surface area contributed by atoms with Gasteiger partial charge in [0.25, 0.3) is 0 Å². The molecule has 14 rings (SSSR count). The summed E-state index contributed by atoms with van der Waals surface area (Å²) in [5.74, 6) is 3.38. The van der Waals surface area contributed by atoms with Crippen LogP contribution in [0.2, 0.25) is 0 Å². The second-order valence-corrected chi connectivity index (χ2v) is 16.9. The van der Waals surface area contributed by atoms with Crippen LogP contribution in [0.4, 0.5) is 0 Å². The Morgan fingerprint density at radius 3 is 1.01 bits per heavy atom. The average molecular weight is 869 g/mol. The Kier molecular flexibility index (Phi) is 8.34. The van der Waals surface area contributed by atoms with Crippen LogP contribution in [0.1, 0.15) is 0 Å². The summed E-state index contributed by atoms with van der Waals surface area (Å²) < 4.78 is 0. The molecule has 4 heterocycles. The van der Waals surface area contributed by atoms with Crippen LogP contribution >= 0.6 is 0 Å². The fourth-order valence-electron chi connectivity index (χ4n) is 9.56. The van der Waals surface area contributed by atoms with Gasteiger partial charge in [0, 0.05) is 58.2 Å². The molecule has 0 atom stereocenters. The fourth-order valence-corrected chi connectivity index (χ4v) is 9.56. The summed E-state index contributed by atoms with van der Waals surface area (Å²) in [6.07, 6.45) is 6.80. The van der Waals surface area contributed by atoms with E-state index in [0.29, 0.717) is 34.9 Å². The van der Waals surface area contributed by atoms with Gasteiger partial charge in [0.2, 0.25) is 0 Å². The van der Waals surface area contributed by atoms with Gasteiger partial charge in [-0.3, -0.25) is 19.9 Å². The highest BCUT2D eigenvalue weighted by Crippen LogP contribution is 2.42. The number of fused-ring (bicyclic) bond motifs is 4. The molecule has 0 spiro atoms. The van der Waals surface area contributed by atoms with Crippen molar-refractivity contribution in [3.8, 4) is 68.3 Å². The van der Waals surface area contributed by atoms with Crippen molar-refractivity contribution in [2.45, 2.75) is 0 Å². The van der Waals surface area contributed by atoms with Crippen LogP contribution in [0.15, 0.2) is 195 Å². The summed E-state index contributed by atoms with van der Waals surface area (Å²) in [7, 11) is 0. The lowest BCUT2D eigenvalue weighted by molar-refractivity contribution is 1.08. The minimum absolute atomic E-state index is 0.546. The summed E-state index contributed by atoms with van der Waals surface area (Å²) in [6, 6.07) is 58.5. The molecule has 0 saturated carbocycles. The van der Waals surface area contributed by atoms with Crippen LogP contribution in [0.3, 0.4) is 0 Å². The fraction of sp³-hybridized carbons (Fsp3) is 0. The van der Waals surface area contributed by atoms with Gasteiger partial charge in [0.15, 0.2) is 34.9 Å². The molecule has 68 heavy (non-hydrogen) atoms. The van der Waals surface area contributed by atoms with Crippen molar-refractivity contribution in [1.82, 2.24) is 49.8 Å². The van der Waals surface area contributed by atoms with Crippen molar-refractivity contribution in [2.75, 3.05) is 0 Å². The lowest BCUT2D eigenvalue weighted by atomic mass is 9.89. The van der Waals surface area contributed by atoms with Gasteiger partial charge >= 0.3 is 0 Å². The highest BCUT2D eigenvalue weighted by Gasteiger charge is 2.21. The van der Waals surface area contributed by atoms with Crippen LogP contribution < -0.4 is 0 Å². The molecule has 0 N–H and O–H groups in total. The van der Waals surface area contributed by atoms with E-state index in [1.165, 1.54) is 0 Å². The molecular weight excluding hydrogens is 837 g/mol. The first-order valence-electron chi connectivity index (χ1n) is 22.3. The normalized spacial score (nSPS) is 11.8. The minimum atomic E-state index is 0.546. The molecule has 14 aromatic rings. The van der Waals surface area contributed by atoms with Crippen molar-refractivity contribution in [2.24, 2.45) is 0 Å². The Balaban J connectivity index is 0.972. The Labute approximate surface area is 387 Å². The zero-order valence-corrected chi connectivity index (χ0v) is 35.9. The van der Waals surface area contributed by atoms with E-state index in [-0.39, 0.29) is 0 Å². The van der Waals surface area contributed by atoms with Gasteiger partial charge in [-0.25, -0.2) is 29.9 Å². The maximum Gasteiger partial charge on any atom is 0.164 e. The van der Waals surface area contributed by atoms with E-state index in [0.717, 1.165) is 109 Å². The Morgan fingerprint density at radius 1 is 0.235 bits per heavy atom. The Bertz CT molecular complexity index is 3890. The predicted molar refractivity (Wildman–Crippen MR) is 271 cm³/mol. The molecule has 10 heteroatoms. The highest BCUT2D eigenvalue weighted by atomic mass is 15.0. The Hall–Kier alpha value is -9.54. The molecule has 314 valence electrons. The van der Waals surface area contributed by atoms with Crippen molar-refractivity contribution in [1.29, 1.82) is 0 Å². The molecule has 10 nitrogen and oxygen atoms in total. The van der Waals surface area contributed by atoms with Gasteiger partial charge in [0.1, 0.15) is 0 Å². The molecule has 0 fully saturated rings. The third-order valence-corrected chi connectivity index (χ3v) is 12.9. The predicted octanol–water partition coefficient (Wildman–Crippen LogP) is 13.1. The summed E-state index contributed by atoms with van der Waals surface area (Å²) in [5.41, 5.74) is 8.35. The lowest BCUT2D eigenvalue weighted by Crippen LogP contribution is -2.02. The molecular formula is C58H32N10. The third-order valence-electron chi connectivity index (χ3n) is 12.9. The topological polar surface area (TPSA) is 129 Å². The van der Waals surface area contributed by atoms with E-state index in [9.17, 15) is 0 Å². The second kappa shape index (κ2) is 15.0. The summed E-state index contributed by atoms with van der Waals surface area (Å²) in [6.45, 7) is 0. The lowest BCUT2D eigenvalue weighted by Gasteiger charge is -2.16. The first-order valence-corrected chi connectivity index (χ1v) is 22.3. The number of nitrogens with zero attached hydrogens (tertiary/aromatic N) is 10. The number of rotatable bonds is 6. The summed E-state index contributed by atoms with van der Waals surface area (Å²) >= 11 is 0. The molecule has 0 unspecified atom stereocenters. The highest BCUT2D eigenvalue weighted by molar-refractivity contribution is 6.27. The van der Waals surface area contributed by atoms with Crippen LogP contribution in [0.25, 0.3) is 144 Å². The van der Waals surface area contributed by atoms with Gasteiger partial charge in [-0.05, 0) is 115 Å². The number of hydrogen-bond acceptors (Lipinski definition) is 10. The van der Waals surface area contributed by atoms with Gasteiger partial charge in [0.05, 0.1) is 22.1 Å². The zero-order chi connectivity index (χ0) is 44.7.